The van der Waals surface area contributed by atoms with E-state index < -0.39 is 4.92 Å². The van der Waals surface area contributed by atoms with Crippen LogP contribution in [0.3, 0.4) is 0 Å². The van der Waals surface area contributed by atoms with Crippen LogP contribution in [0.5, 0.6) is 0 Å². The summed E-state index contributed by atoms with van der Waals surface area (Å²) in [6, 6.07) is 8.78. The second-order valence-electron chi connectivity index (χ2n) is 2.13. The monoisotopic (exact) mass is 183 g/mol. The van der Waals surface area contributed by atoms with Gasteiger partial charge in [0.25, 0.3) is 6.20 Å². The lowest BCUT2D eigenvalue weighted by atomic mass is 10.2. The molecular formula is C8H6ClNO2. The van der Waals surface area contributed by atoms with E-state index in [4.69, 9.17) is 11.6 Å². The Hall–Kier alpha value is -1.35. The highest BCUT2D eigenvalue weighted by Crippen LogP contribution is 2.17. The standard InChI is InChI=1S/C8H6ClNO2/c9-8(6-10(11)12)7-4-2-1-3-5-7/h1-6H/b8-6+. The van der Waals surface area contributed by atoms with Crippen molar-refractivity contribution in [3.05, 3.63) is 52.2 Å². The lowest BCUT2D eigenvalue weighted by Crippen LogP contribution is -1.85. The Morgan fingerprint density at radius 2 is 2.00 bits per heavy atom. The molecule has 0 unspecified atom stereocenters. The largest absolute Gasteiger partial charge is 0.259 e. The molecule has 0 aliphatic rings. The molecule has 0 saturated carbocycles. The van der Waals surface area contributed by atoms with Crippen LogP contribution in [0, 0.1) is 10.1 Å². The molecule has 0 atom stereocenters. The maximum Gasteiger partial charge on any atom is 0.253 e. The molecule has 0 saturated heterocycles. The molecule has 12 heavy (non-hydrogen) atoms. The predicted octanol–water partition coefficient (Wildman–Crippen LogP) is 2.50. The molecule has 0 radical (unpaired) electrons. The van der Waals surface area contributed by atoms with E-state index in [1.807, 2.05) is 6.07 Å². The van der Waals surface area contributed by atoms with Gasteiger partial charge in [0.05, 0.1) is 4.92 Å². The summed E-state index contributed by atoms with van der Waals surface area (Å²) in [4.78, 5) is 9.45. The fourth-order valence-corrected chi connectivity index (χ4v) is 0.970. The third-order valence-electron chi connectivity index (χ3n) is 1.27. The smallest absolute Gasteiger partial charge is 0.253 e. The number of nitrogens with zero attached hydrogens (tertiary/aromatic N) is 1. The summed E-state index contributed by atoms with van der Waals surface area (Å²) < 4.78 is 0. The average Bonchev–Trinajstić information content (AvgIpc) is 2.05. The van der Waals surface area contributed by atoms with Crippen LogP contribution < -0.4 is 0 Å². The summed E-state index contributed by atoms with van der Waals surface area (Å²) >= 11 is 5.62. The Morgan fingerprint density at radius 3 is 2.50 bits per heavy atom. The van der Waals surface area contributed by atoms with Gasteiger partial charge in [-0.25, -0.2) is 0 Å². The van der Waals surface area contributed by atoms with E-state index in [0.717, 1.165) is 6.20 Å². The first-order chi connectivity index (χ1) is 5.70. The van der Waals surface area contributed by atoms with Crippen molar-refractivity contribution in [3.63, 3.8) is 0 Å². The van der Waals surface area contributed by atoms with Gasteiger partial charge in [-0.2, -0.15) is 0 Å². The number of nitro groups is 1. The van der Waals surface area contributed by atoms with E-state index >= 15 is 0 Å². The summed E-state index contributed by atoms with van der Waals surface area (Å²) in [6.45, 7) is 0. The van der Waals surface area contributed by atoms with Crippen molar-refractivity contribution in [1.82, 2.24) is 0 Å². The van der Waals surface area contributed by atoms with E-state index in [-0.39, 0.29) is 5.03 Å². The zero-order valence-electron chi connectivity index (χ0n) is 6.11. The second kappa shape index (κ2) is 3.88. The maximum absolute atomic E-state index is 10.0. The second-order valence-corrected chi connectivity index (χ2v) is 2.54. The van der Waals surface area contributed by atoms with Crippen LogP contribution in [0.15, 0.2) is 36.5 Å². The van der Waals surface area contributed by atoms with Crippen molar-refractivity contribution in [2.45, 2.75) is 0 Å². The minimum atomic E-state index is -0.574. The molecule has 0 aliphatic heterocycles. The number of halogens is 1. The molecule has 0 amide bonds. The molecule has 0 fully saturated rings. The molecule has 0 bridgehead atoms. The molecule has 0 N–H and O–H groups in total. The Kier molecular flexibility index (Phi) is 2.82. The summed E-state index contributed by atoms with van der Waals surface area (Å²) in [5.74, 6) is 0. The van der Waals surface area contributed by atoms with Crippen LogP contribution in [-0.2, 0) is 0 Å². The number of benzene rings is 1. The van der Waals surface area contributed by atoms with Crippen LogP contribution in [0.25, 0.3) is 5.03 Å². The van der Waals surface area contributed by atoms with Gasteiger partial charge < -0.3 is 0 Å². The Bertz CT molecular complexity index is 308. The summed E-state index contributed by atoms with van der Waals surface area (Å²) in [7, 11) is 0. The van der Waals surface area contributed by atoms with Gasteiger partial charge in [0.1, 0.15) is 5.03 Å². The van der Waals surface area contributed by atoms with Gasteiger partial charge in [-0.15, -0.1) is 0 Å². The average molecular weight is 184 g/mol. The van der Waals surface area contributed by atoms with Crippen molar-refractivity contribution in [2.24, 2.45) is 0 Å². The van der Waals surface area contributed by atoms with Crippen LogP contribution in [-0.4, -0.2) is 4.92 Å². The molecule has 1 aromatic carbocycles. The van der Waals surface area contributed by atoms with Crippen molar-refractivity contribution in [2.75, 3.05) is 0 Å². The third kappa shape index (κ3) is 2.36. The quantitative estimate of drug-likeness (QED) is 0.522. The molecule has 1 aromatic rings. The van der Waals surface area contributed by atoms with Gasteiger partial charge >= 0.3 is 0 Å². The van der Waals surface area contributed by atoms with E-state index in [0.29, 0.717) is 5.56 Å². The maximum atomic E-state index is 10.0. The molecule has 0 spiro atoms. The SMILES string of the molecule is O=[N+]([O-])/C=C(/Cl)c1ccccc1. The number of hydrogen-bond acceptors (Lipinski definition) is 2. The van der Waals surface area contributed by atoms with Gasteiger partial charge in [0.2, 0.25) is 0 Å². The number of rotatable bonds is 2. The first-order valence-electron chi connectivity index (χ1n) is 3.26. The molecule has 1 rings (SSSR count). The van der Waals surface area contributed by atoms with Gasteiger partial charge in [-0.1, -0.05) is 41.9 Å². The number of hydrogen-bond donors (Lipinski definition) is 0. The van der Waals surface area contributed by atoms with Gasteiger partial charge in [-0.3, -0.25) is 10.1 Å². The van der Waals surface area contributed by atoms with Gasteiger partial charge in [-0.05, 0) is 5.56 Å². The van der Waals surface area contributed by atoms with Gasteiger partial charge in [0, 0.05) is 0 Å². The Labute approximate surface area is 74.4 Å². The van der Waals surface area contributed by atoms with Crippen LogP contribution in [0.4, 0.5) is 0 Å². The topological polar surface area (TPSA) is 43.1 Å². The fourth-order valence-electron chi connectivity index (χ4n) is 0.764. The Balaban J connectivity index is 2.93. The van der Waals surface area contributed by atoms with Crippen molar-refractivity contribution in [3.8, 4) is 0 Å². The van der Waals surface area contributed by atoms with E-state index in [1.165, 1.54) is 0 Å². The zero-order chi connectivity index (χ0) is 8.97. The van der Waals surface area contributed by atoms with Crippen molar-refractivity contribution in [1.29, 1.82) is 0 Å². The highest BCUT2D eigenvalue weighted by Gasteiger charge is 2.00. The van der Waals surface area contributed by atoms with Crippen LogP contribution in [0.1, 0.15) is 5.56 Å². The molecule has 0 aromatic heterocycles. The summed E-state index contributed by atoms with van der Waals surface area (Å²) in [5, 5.41) is 10.2. The highest BCUT2D eigenvalue weighted by atomic mass is 35.5. The normalized spacial score (nSPS) is 11.2. The van der Waals surface area contributed by atoms with Crippen LogP contribution in [0.2, 0.25) is 0 Å². The molecular weight excluding hydrogens is 178 g/mol. The van der Waals surface area contributed by atoms with E-state index in [2.05, 4.69) is 0 Å². The third-order valence-corrected chi connectivity index (χ3v) is 1.58. The fraction of sp³-hybridized carbons (Fsp3) is 0. The lowest BCUT2D eigenvalue weighted by molar-refractivity contribution is -0.401. The van der Waals surface area contributed by atoms with Crippen molar-refractivity contribution >= 4 is 16.6 Å². The molecule has 62 valence electrons. The first-order valence-corrected chi connectivity index (χ1v) is 3.64. The first kappa shape index (κ1) is 8.74. The molecule has 0 heterocycles. The minimum absolute atomic E-state index is 0.139. The van der Waals surface area contributed by atoms with Crippen LogP contribution >= 0.6 is 11.6 Å². The predicted molar refractivity (Wildman–Crippen MR) is 47.3 cm³/mol. The molecule has 0 aliphatic carbocycles. The zero-order valence-corrected chi connectivity index (χ0v) is 6.86. The summed E-state index contributed by atoms with van der Waals surface area (Å²) in [6.07, 6.45) is 0.775. The Morgan fingerprint density at radius 1 is 1.42 bits per heavy atom. The minimum Gasteiger partial charge on any atom is -0.259 e. The lowest BCUT2D eigenvalue weighted by Gasteiger charge is -1.93. The summed E-state index contributed by atoms with van der Waals surface area (Å²) in [5.41, 5.74) is 0.649. The van der Waals surface area contributed by atoms with Gasteiger partial charge in [0.15, 0.2) is 0 Å². The van der Waals surface area contributed by atoms with E-state index in [1.54, 1.807) is 24.3 Å². The highest BCUT2D eigenvalue weighted by molar-refractivity contribution is 6.48. The molecule has 3 nitrogen and oxygen atoms in total. The molecule has 4 heteroatoms. The van der Waals surface area contributed by atoms with Crippen molar-refractivity contribution < 1.29 is 4.92 Å². The van der Waals surface area contributed by atoms with E-state index in [9.17, 15) is 10.1 Å².